The number of phenols is 1. The molecule has 0 heterocycles. The number of phenolic OH excluding ortho intramolecular Hbond substituents is 1. The maximum Gasteiger partial charge on any atom is 0.335 e. The molecule has 0 aromatic heterocycles. The Hall–Kier alpha value is -2.34. The number of alkyl halides is 1. The highest BCUT2D eigenvalue weighted by Gasteiger charge is 2.54. The van der Waals surface area contributed by atoms with E-state index in [2.05, 4.69) is 15.9 Å². The number of hydrogen-bond donors (Lipinski definition) is 1. The molecule has 1 N–H and O–H groups in total. The molecule has 0 aliphatic rings. The van der Waals surface area contributed by atoms with Gasteiger partial charge in [-0.2, -0.15) is 0 Å². The highest BCUT2D eigenvalue weighted by Crippen LogP contribution is 2.47. The van der Waals surface area contributed by atoms with E-state index in [1.165, 1.54) is 0 Å². The van der Waals surface area contributed by atoms with Gasteiger partial charge < -0.3 is 14.6 Å². The molecule has 0 aliphatic heterocycles. The number of ether oxygens (including phenoxy) is 2. The first-order valence-electron chi connectivity index (χ1n) is 11.7. The molecular formula is C28H37BrO5. The molecule has 2 aromatic rings. The van der Waals surface area contributed by atoms with Crippen molar-refractivity contribution in [3.8, 4) is 5.75 Å². The summed E-state index contributed by atoms with van der Waals surface area (Å²) in [6, 6.07) is 13.1. The van der Waals surface area contributed by atoms with E-state index in [0.717, 1.165) is 16.7 Å². The summed E-state index contributed by atoms with van der Waals surface area (Å²) in [5.74, 6) is -1.98. The number of benzene rings is 2. The molecule has 2 rings (SSSR count). The minimum Gasteiger partial charge on any atom is -0.507 e. The third kappa shape index (κ3) is 5.65. The zero-order valence-corrected chi connectivity index (χ0v) is 23.1. The molecule has 0 saturated heterocycles. The Morgan fingerprint density at radius 1 is 0.824 bits per heavy atom. The van der Waals surface area contributed by atoms with E-state index in [0.29, 0.717) is 5.56 Å². The maximum atomic E-state index is 13.4. The standard InChI is InChI=1S/C28H37BrO5/c1-9-33-24(31)28(29,25(32)34-10-2)22(18-14-12-11-13-15-18)19-16-20(26(3,4)5)23(30)21(17-19)27(6,7)8/h11-17,22,30H,9-10H2,1-8H3. The molecule has 0 amide bonds. The summed E-state index contributed by atoms with van der Waals surface area (Å²) in [4.78, 5) is 26.8. The van der Waals surface area contributed by atoms with E-state index in [1.807, 2.05) is 84.0 Å². The van der Waals surface area contributed by atoms with Crippen molar-refractivity contribution in [1.82, 2.24) is 0 Å². The molecule has 1 atom stereocenters. The fourth-order valence-corrected chi connectivity index (χ4v) is 4.81. The average molecular weight is 534 g/mol. The molecule has 0 bridgehead atoms. The van der Waals surface area contributed by atoms with Crippen molar-refractivity contribution in [2.24, 2.45) is 0 Å². The largest absolute Gasteiger partial charge is 0.507 e. The Labute approximate surface area is 212 Å². The van der Waals surface area contributed by atoms with E-state index in [-0.39, 0.29) is 29.8 Å². The lowest BCUT2D eigenvalue weighted by Crippen LogP contribution is -2.49. The van der Waals surface area contributed by atoms with Crippen LogP contribution >= 0.6 is 15.9 Å². The van der Waals surface area contributed by atoms with Gasteiger partial charge >= 0.3 is 11.9 Å². The summed E-state index contributed by atoms with van der Waals surface area (Å²) in [7, 11) is 0. The van der Waals surface area contributed by atoms with Crippen LogP contribution in [0.4, 0.5) is 0 Å². The summed E-state index contributed by atoms with van der Waals surface area (Å²) in [5.41, 5.74) is 2.15. The van der Waals surface area contributed by atoms with Crippen molar-refractivity contribution in [3.63, 3.8) is 0 Å². The van der Waals surface area contributed by atoms with Crippen LogP contribution in [-0.4, -0.2) is 34.6 Å². The maximum absolute atomic E-state index is 13.4. The van der Waals surface area contributed by atoms with Crippen LogP contribution in [0.1, 0.15) is 83.6 Å². The van der Waals surface area contributed by atoms with Gasteiger partial charge in [-0.15, -0.1) is 0 Å². The van der Waals surface area contributed by atoms with Gasteiger partial charge in [-0.05, 0) is 46.9 Å². The van der Waals surface area contributed by atoms with Crippen LogP contribution in [0, 0.1) is 0 Å². The number of hydrogen-bond acceptors (Lipinski definition) is 5. The first kappa shape index (κ1) is 27.9. The third-order valence-corrected chi connectivity index (χ3v) is 6.86. The van der Waals surface area contributed by atoms with Crippen molar-refractivity contribution in [1.29, 1.82) is 0 Å². The van der Waals surface area contributed by atoms with E-state index in [9.17, 15) is 14.7 Å². The van der Waals surface area contributed by atoms with Crippen LogP contribution in [0.3, 0.4) is 0 Å². The second-order valence-corrected chi connectivity index (χ2v) is 11.7. The van der Waals surface area contributed by atoms with Gasteiger partial charge in [0.1, 0.15) is 5.75 Å². The predicted molar refractivity (Wildman–Crippen MR) is 139 cm³/mol. The quantitative estimate of drug-likeness (QED) is 0.254. The third-order valence-electron chi connectivity index (χ3n) is 5.76. The lowest BCUT2D eigenvalue weighted by Gasteiger charge is -2.35. The van der Waals surface area contributed by atoms with Crippen LogP contribution in [-0.2, 0) is 29.9 Å². The minimum atomic E-state index is -1.82. The molecule has 0 fully saturated rings. The molecule has 34 heavy (non-hydrogen) atoms. The highest BCUT2D eigenvalue weighted by molar-refractivity contribution is 9.10. The van der Waals surface area contributed by atoms with E-state index in [1.54, 1.807) is 13.8 Å². The molecule has 2 aromatic carbocycles. The average Bonchev–Trinajstić information content (AvgIpc) is 2.74. The second-order valence-electron chi connectivity index (χ2n) is 10.5. The normalized spacial score (nSPS) is 13.3. The molecule has 0 spiro atoms. The first-order valence-corrected chi connectivity index (χ1v) is 12.4. The summed E-state index contributed by atoms with van der Waals surface area (Å²) in [6.07, 6.45) is 0. The van der Waals surface area contributed by atoms with Crippen LogP contribution in [0.15, 0.2) is 42.5 Å². The SMILES string of the molecule is CCOC(=O)C(Br)(C(=O)OCC)C(c1ccccc1)c1cc(C(C)(C)C)c(O)c(C(C)(C)C)c1. The molecule has 0 saturated carbocycles. The zero-order valence-electron chi connectivity index (χ0n) is 21.5. The molecule has 0 aliphatic carbocycles. The Kier molecular flexibility index (Phi) is 8.62. The molecule has 1 unspecified atom stereocenters. The van der Waals surface area contributed by atoms with Gasteiger partial charge in [-0.3, -0.25) is 0 Å². The number of carbonyl (C=O) groups excluding carboxylic acids is 2. The lowest BCUT2D eigenvalue weighted by molar-refractivity contribution is -0.158. The zero-order chi connectivity index (χ0) is 25.9. The van der Waals surface area contributed by atoms with E-state index >= 15 is 0 Å². The Morgan fingerprint density at radius 3 is 1.59 bits per heavy atom. The van der Waals surface area contributed by atoms with Gasteiger partial charge in [0.2, 0.25) is 4.32 Å². The molecule has 5 nitrogen and oxygen atoms in total. The Bertz CT molecular complexity index is 962. The second kappa shape index (κ2) is 10.5. The minimum absolute atomic E-state index is 0.114. The summed E-state index contributed by atoms with van der Waals surface area (Å²) >= 11 is 3.52. The summed E-state index contributed by atoms with van der Waals surface area (Å²) < 4.78 is 8.94. The number of aromatic hydroxyl groups is 1. The lowest BCUT2D eigenvalue weighted by atomic mass is 9.73. The van der Waals surface area contributed by atoms with Crippen LogP contribution in [0.5, 0.6) is 5.75 Å². The van der Waals surface area contributed by atoms with Gasteiger partial charge in [-0.1, -0.05) is 99.9 Å². The monoisotopic (exact) mass is 532 g/mol. The van der Waals surface area contributed by atoms with Crippen molar-refractivity contribution in [2.75, 3.05) is 13.2 Å². The van der Waals surface area contributed by atoms with Crippen molar-refractivity contribution in [3.05, 3.63) is 64.7 Å². The summed E-state index contributed by atoms with van der Waals surface area (Å²) in [5, 5.41) is 11.2. The van der Waals surface area contributed by atoms with E-state index in [4.69, 9.17) is 9.47 Å². The van der Waals surface area contributed by atoms with Crippen molar-refractivity contribution in [2.45, 2.75) is 76.5 Å². The Morgan fingerprint density at radius 2 is 1.24 bits per heavy atom. The summed E-state index contributed by atoms with van der Waals surface area (Å²) in [6.45, 7) is 15.8. The fourth-order valence-electron chi connectivity index (χ4n) is 4.06. The highest BCUT2D eigenvalue weighted by atomic mass is 79.9. The molecule has 0 radical (unpaired) electrons. The fraction of sp³-hybridized carbons (Fsp3) is 0.500. The Balaban J connectivity index is 3.00. The van der Waals surface area contributed by atoms with Gasteiger partial charge in [0.15, 0.2) is 0 Å². The first-order chi connectivity index (χ1) is 15.7. The molecular weight excluding hydrogens is 496 g/mol. The number of halogens is 1. The van der Waals surface area contributed by atoms with Gasteiger partial charge in [-0.25, -0.2) is 9.59 Å². The topological polar surface area (TPSA) is 72.8 Å². The number of carbonyl (C=O) groups is 2. The van der Waals surface area contributed by atoms with Crippen molar-refractivity contribution < 1.29 is 24.2 Å². The van der Waals surface area contributed by atoms with E-state index < -0.39 is 22.2 Å². The van der Waals surface area contributed by atoms with Crippen LogP contribution < -0.4 is 0 Å². The molecule has 6 heteroatoms. The number of esters is 2. The number of rotatable bonds is 7. The van der Waals surface area contributed by atoms with Gasteiger partial charge in [0.05, 0.1) is 13.2 Å². The van der Waals surface area contributed by atoms with Gasteiger partial charge in [0, 0.05) is 5.92 Å². The van der Waals surface area contributed by atoms with Gasteiger partial charge in [0.25, 0.3) is 0 Å². The van der Waals surface area contributed by atoms with Crippen LogP contribution in [0.2, 0.25) is 0 Å². The smallest absolute Gasteiger partial charge is 0.335 e. The molecule has 186 valence electrons. The van der Waals surface area contributed by atoms with Crippen LogP contribution in [0.25, 0.3) is 0 Å². The van der Waals surface area contributed by atoms with Crippen molar-refractivity contribution >= 4 is 27.9 Å². The predicted octanol–water partition coefficient (Wildman–Crippen LogP) is 6.38.